The monoisotopic (exact) mass is 360 g/mol. The summed E-state index contributed by atoms with van der Waals surface area (Å²) >= 11 is 0. The van der Waals surface area contributed by atoms with Gasteiger partial charge in [0.2, 0.25) is 12.7 Å². The first-order valence-electron chi connectivity index (χ1n) is 9.51. The molecule has 4 rings (SSSR count). The maximum absolute atomic E-state index is 12.0. The summed E-state index contributed by atoms with van der Waals surface area (Å²) in [6, 6.07) is 3.97. The summed E-state index contributed by atoms with van der Waals surface area (Å²) < 4.78 is 16.5. The van der Waals surface area contributed by atoms with E-state index in [0.29, 0.717) is 17.7 Å². The highest BCUT2D eigenvalue weighted by atomic mass is 16.7. The number of rotatable bonds is 3. The number of amides is 1. The van der Waals surface area contributed by atoms with E-state index in [1.807, 2.05) is 24.1 Å². The van der Waals surface area contributed by atoms with Crippen LogP contribution in [0.25, 0.3) is 0 Å². The molecule has 2 fully saturated rings. The maximum Gasteiger partial charge on any atom is 0.231 e. The van der Waals surface area contributed by atoms with Gasteiger partial charge in [-0.15, -0.1) is 0 Å². The number of likely N-dealkylation sites (tertiary alicyclic amines) is 2. The fraction of sp³-hybridized carbons (Fsp3) is 0.650. The number of carbonyl (C=O) groups excluding carboxylic acids is 1. The van der Waals surface area contributed by atoms with Crippen LogP contribution in [-0.4, -0.2) is 56.3 Å². The minimum absolute atomic E-state index is 0.279. The predicted octanol–water partition coefficient (Wildman–Crippen LogP) is 2.65. The van der Waals surface area contributed by atoms with E-state index in [9.17, 15) is 4.79 Å². The first kappa shape index (κ1) is 17.5. The quantitative estimate of drug-likeness (QED) is 0.829. The van der Waals surface area contributed by atoms with Gasteiger partial charge >= 0.3 is 0 Å². The van der Waals surface area contributed by atoms with Crippen molar-refractivity contribution in [1.82, 2.24) is 9.80 Å². The topological polar surface area (TPSA) is 51.2 Å². The molecule has 0 saturated carbocycles. The molecule has 26 heavy (non-hydrogen) atoms. The molecule has 0 N–H and O–H groups in total. The molecule has 1 amide bonds. The summed E-state index contributed by atoms with van der Waals surface area (Å²) in [7, 11) is 3.63. The Hall–Kier alpha value is -1.95. The normalized spacial score (nSPS) is 22.5. The molecule has 0 radical (unpaired) electrons. The van der Waals surface area contributed by atoms with Gasteiger partial charge in [0.15, 0.2) is 11.5 Å². The number of hydrogen-bond donors (Lipinski definition) is 0. The number of nitrogens with zero attached hydrogens (tertiary/aromatic N) is 2. The number of methoxy groups -OCH3 is 1. The zero-order chi connectivity index (χ0) is 18.1. The molecule has 0 bridgehead atoms. The van der Waals surface area contributed by atoms with Gasteiger partial charge in [-0.2, -0.15) is 0 Å². The Kier molecular flexibility index (Phi) is 4.69. The van der Waals surface area contributed by atoms with E-state index in [1.165, 1.54) is 12.8 Å². The summed E-state index contributed by atoms with van der Waals surface area (Å²) in [5.41, 5.74) is 1.49. The van der Waals surface area contributed by atoms with E-state index in [4.69, 9.17) is 14.2 Å². The summed E-state index contributed by atoms with van der Waals surface area (Å²) in [4.78, 5) is 16.4. The molecule has 1 aromatic rings. The molecule has 6 heteroatoms. The lowest BCUT2D eigenvalue weighted by atomic mass is 9.73. The zero-order valence-corrected chi connectivity index (χ0v) is 15.8. The van der Waals surface area contributed by atoms with Crippen LogP contribution in [0, 0.1) is 5.41 Å². The van der Waals surface area contributed by atoms with Crippen LogP contribution < -0.4 is 14.2 Å². The van der Waals surface area contributed by atoms with Crippen molar-refractivity contribution in [2.75, 3.05) is 40.6 Å². The van der Waals surface area contributed by atoms with Gasteiger partial charge < -0.3 is 19.1 Å². The molecule has 3 aliphatic rings. The number of ether oxygens (including phenoxy) is 3. The Morgan fingerprint density at radius 2 is 1.77 bits per heavy atom. The van der Waals surface area contributed by atoms with Crippen LogP contribution in [-0.2, 0) is 11.3 Å². The van der Waals surface area contributed by atoms with E-state index in [2.05, 4.69) is 4.90 Å². The Morgan fingerprint density at radius 1 is 1.08 bits per heavy atom. The molecule has 0 aliphatic carbocycles. The Labute approximate surface area is 155 Å². The first-order chi connectivity index (χ1) is 12.6. The van der Waals surface area contributed by atoms with Gasteiger partial charge in [0, 0.05) is 38.2 Å². The van der Waals surface area contributed by atoms with Crippen molar-refractivity contribution in [3.8, 4) is 17.2 Å². The van der Waals surface area contributed by atoms with Gasteiger partial charge in [-0.25, -0.2) is 0 Å². The molecule has 2 saturated heterocycles. The molecule has 6 nitrogen and oxygen atoms in total. The highest BCUT2D eigenvalue weighted by Gasteiger charge is 2.37. The third-order valence-electron chi connectivity index (χ3n) is 6.36. The van der Waals surface area contributed by atoms with Crippen molar-refractivity contribution in [1.29, 1.82) is 0 Å². The second-order valence-corrected chi connectivity index (χ2v) is 7.86. The second kappa shape index (κ2) is 6.99. The van der Waals surface area contributed by atoms with Crippen molar-refractivity contribution >= 4 is 5.91 Å². The molecule has 3 aliphatic heterocycles. The van der Waals surface area contributed by atoms with Gasteiger partial charge in [0.1, 0.15) is 5.75 Å². The van der Waals surface area contributed by atoms with Gasteiger partial charge in [0.05, 0.1) is 7.11 Å². The fourth-order valence-electron chi connectivity index (χ4n) is 4.42. The summed E-state index contributed by atoms with van der Waals surface area (Å²) in [6.07, 6.45) is 5.21. The standard InChI is InChI=1S/C20H28N2O4/c1-21-8-5-20(4-3-19(21)23)6-9-22(10-7-20)13-15-11-17-18(26-14-25-17)12-16(15)24-2/h11-12H,3-10,13-14H2,1-2H3. The molecule has 0 atom stereocenters. The van der Waals surface area contributed by atoms with Gasteiger partial charge in [-0.05, 0) is 50.3 Å². The van der Waals surface area contributed by atoms with Crippen LogP contribution in [0.15, 0.2) is 12.1 Å². The SMILES string of the molecule is COc1cc2c(cc1CN1CCC3(CCC(=O)N(C)CC3)CC1)OCO2. The Bertz CT molecular complexity index is 683. The molecule has 1 spiro atoms. The minimum atomic E-state index is 0.279. The number of fused-ring (bicyclic) bond motifs is 1. The van der Waals surface area contributed by atoms with Crippen molar-refractivity contribution in [3.05, 3.63) is 17.7 Å². The predicted molar refractivity (Wildman–Crippen MR) is 97.5 cm³/mol. The lowest BCUT2D eigenvalue weighted by Gasteiger charge is -2.41. The lowest BCUT2D eigenvalue weighted by Crippen LogP contribution is -2.40. The van der Waals surface area contributed by atoms with Crippen molar-refractivity contribution in [3.63, 3.8) is 0 Å². The molecule has 3 heterocycles. The van der Waals surface area contributed by atoms with Crippen LogP contribution in [0.4, 0.5) is 0 Å². The van der Waals surface area contributed by atoms with Crippen LogP contribution in [0.1, 0.15) is 37.7 Å². The zero-order valence-electron chi connectivity index (χ0n) is 15.8. The first-order valence-corrected chi connectivity index (χ1v) is 9.51. The van der Waals surface area contributed by atoms with E-state index in [-0.39, 0.29) is 6.79 Å². The van der Waals surface area contributed by atoms with E-state index in [1.54, 1.807) is 7.11 Å². The lowest BCUT2D eigenvalue weighted by molar-refractivity contribution is -0.129. The fourth-order valence-corrected chi connectivity index (χ4v) is 4.42. The second-order valence-electron chi connectivity index (χ2n) is 7.86. The molecular weight excluding hydrogens is 332 g/mol. The molecule has 142 valence electrons. The Balaban J connectivity index is 1.41. The third kappa shape index (κ3) is 3.34. The summed E-state index contributed by atoms with van der Waals surface area (Å²) in [5, 5.41) is 0. The third-order valence-corrected chi connectivity index (χ3v) is 6.36. The van der Waals surface area contributed by atoms with Gasteiger partial charge in [-0.3, -0.25) is 9.69 Å². The average Bonchev–Trinajstić information content (AvgIpc) is 3.07. The summed E-state index contributed by atoms with van der Waals surface area (Å²) in [6.45, 7) is 4.16. The Morgan fingerprint density at radius 3 is 2.50 bits per heavy atom. The van der Waals surface area contributed by atoms with E-state index in [0.717, 1.165) is 61.8 Å². The number of piperidine rings is 1. The van der Waals surface area contributed by atoms with E-state index < -0.39 is 0 Å². The number of hydrogen-bond acceptors (Lipinski definition) is 5. The van der Waals surface area contributed by atoms with Crippen molar-refractivity contribution in [2.45, 2.75) is 38.6 Å². The van der Waals surface area contributed by atoms with Crippen LogP contribution in [0.2, 0.25) is 0 Å². The van der Waals surface area contributed by atoms with Gasteiger partial charge in [0.25, 0.3) is 0 Å². The van der Waals surface area contributed by atoms with Crippen LogP contribution in [0.5, 0.6) is 17.2 Å². The maximum atomic E-state index is 12.0. The molecule has 0 unspecified atom stereocenters. The van der Waals surface area contributed by atoms with Crippen molar-refractivity contribution in [2.24, 2.45) is 5.41 Å². The number of benzene rings is 1. The molecule has 0 aromatic heterocycles. The van der Waals surface area contributed by atoms with Crippen LogP contribution in [0.3, 0.4) is 0 Å². The van der Waals surface area contributed by atoms with Gasteiger partial charge in [-0.1, -0.05) is 0 Å². The summed E-state index contributed by atoms with van der Waals surface area (Å²) in [5.74, 6) is 2.72. The highest BCUT2D eigenvalue weighted by molar-refractivity contribution is 5.76. The minimum Gasteiger partial charge on any atom is -0.496 e. The van der Waals surface area contributed by atoms with E-state index >= 15 is 0 Å². The average molecular weight is 360 g/mol. The highest BCUT2D eigenvalue weighted by Crippen LogP contribution is 2.43. The molecular formula is C20H28N2O4. The molecule has 1 aromatic carbocycles. The number of carbonyl (C=O) groups is 1. The van der Waals surface area contributed by atoms with Crippen molar-refractivity contribution < 1.29 is 19.0 Å². The van der Waals surface area contributed by atoms with Crippen LogP contribution >= 0.6 is 0 Å². The largest absolute Gasteiger partial charge is 0.496 e. The smallest absolute Gasteiger partial charge is 0.231 e.